The molecule has 0 aliphatic carbocycles. The number of para-hydroxylation sites is 1. The molecule has 1 heterocycles. The summed E-state index contributed by atoms with van der Waals surface area (Å²) in [5, 5.41) is 5.67. The summed E-state index contributed by atoms with van der Waals surface area (Å²) in [5.74, 6) is -0.377. The van der Waals surface area contributed by atoms with E-state index in [2.05, 4.69) is 15.6 Å². The van der Waals surface area contributed by atoms with Gasteiger partial charge in [0.1, 0.15) is 11.6 Å². The van der Waals surface area contributed by atoms with Crippen molar-refractivity contribution in [2.75, 3.05) is 38.8 Å². The number of rotatable bonds is 10. The second kappa shape index (κ2) is 10.4. The molecule has 0 aliphatic heterocycles. The lowest BCUT2D eigenvalue weighted by atomic mass is 10.2. The van der Waals surface area contributed by atoms with Gasteiger partial charge in [-0.2, -0.15) is 0 Å². The van der Waals surface area contributed by atoms with Crippen LogP contribution in [0.5, 0.6) is 0 Å². The molecule has 0 saturated heterocycles. The zero-order chi connectivity index (χ0) is 17.9. The minimum Gasteiger partial charge on any atom is -0.382 e. The summed E-state index contributed by atoms with van der Waals surface area (Å²) in [7, 11) is 1.62. The van der Waals surface area contributed by atoms with Gasteiger partial charge in [-0.1, -0.05) is 12.1 Å². The number of halogens is 1. The zero-order valence-corrected chi connectivity index (χ0v) is 14.1. The molecule has 0 saturated carbocycles. The molecule has 0 aliphatic rings. The Morgan fingerprint density at radius 3 is 2.80 bits per heavy atom. The standard InChI is InChI=1S/C18H22FN3O3/c1-24-12-13-25-11-5-10-21-18(23)14-6-4-9-20-17(14)22-16-8-3-2-7-15(16)19/h2-4,6-9H,5,10-13H2,1H3,(H,20,22)(H,21,23). The van der Waals surface area contributed by atoms with E-state index in [-0.39, 0.29) is 11.6 Å². The van der Waals surface area contributed by atoms with E-state index in [1.54, 1.807) is 43.6 Å². The molecule has 6 nitrogen and oxygen atoms in total. The highest BCUT2D eigenvalue weighted by atomic mass is 19.1. The first-order valence-corrected chi connectivity index (χ1v) is 8.04. The monoisotopic (exact) mass is 347 g/mol. The predicted octanol–water partition coefficient (Wildman–Crippen LogP) is 2.75. The van der Waals surface area contributed by atoms with E-state index in [1.807, 2.05) is 0 Å². The van der Waals surface area contributed by atoms with Gasteiger partial charge in [0.2, 0.25) is 0 Å². The van der Waals surface area contributed by atoms with Gasteiger partial charge in [-0.25, -0.2) is 9.37 Å². The third-order valence-corrected chi connectivity index (χ3v) is 3.36. The van der Waals surface area contributed by atoms with Crippen LogP contribution in [0.15, 0.2) is 42.6 Å². The highest BCUT2D eigenvalue weighted by molar-refractivity contribution is 5.99. The zero-order valence-electron chi connectivity index (χ0n) is 14.1. The van der Waals surface area contributed by atoms with Crippen molar-refractivity contribution >= 4 is 17.4 Å². The minimum atomic E-state index is -0.410. The van der Waals surface area contributed by atoms with E-state index in [0.29, 0.717) is 44.2 Å². The summed E-state index contributed by atoms with van der Waals surface area (Å²) >= 11 is 0. The largest absolute Gasteiger partial charge is 0.382 e. The molecule has 0 fully saturated rings. The number of ether oxygens (including phenoxy) is 2. The van der Waals surface area contributed by atoms with Crippen molar-refractivity contribution in [3.05, 3.63) is 54.0 Å². The Hall–Kier alpha value is -2.51. The smallest absolute Gasteiger partial charge is 0.255 e. The van der Waals surface area contributed by atoms with E-state index in [0.717, 1.165) is 0 Å². The SMILES string of the molecule is COCCOCCCNC(=O)c1cccnc1Nc1ccccc1F. The van der Waals surface area contributed by atoms with Gasteiger partial charge in [0.15, 0.2) is 0 Å². The molecule has 7 heteroatoms. The quantitative estimate of drug-likeness (QED) is 0.647. The highest BCUT2D eigenvalue weighted by Crippen LogP contribution is 2.20. The Bertz CT molecular complexity index is 682. The summed E-state index contributed by atoms with van der Waals surface area (Å²) in [4.78, 5) is 16.5. The van der Waals surface area contributed by atoms with Crippen LogP contribution >= 0.6 is 0 Å². The number of methoxy groups -OCH3 is 1. The number of benzene rings is 1. The summed E-state index contributed by atoms with van der Waals surface area (Å²) in [6.45, 7) is 2.09. The Morgan fingerprint density at radius 2 is 2.00 bits per heavy atom. The van der Waals surface area contributed by atoms with E-state index < -0.39 is 5.82 Å². The van der Waals surface area contributed by atoms with Gasteiger partial charge in [0, 0.05) is 26.5 Å². The van der Waals surface area contributed by atoms with E-state index >= 15 is 0 Å². The average Bonchev–Trinajstić information content (AvgIpc) is 2.63. The number of pyridine rings is 1. The topological polar surface area (TPSA) is 72.5 Å². The lowest BCUT2D eigenvalue weighted by Gasteiger charge is -2.12. The van der Waals surface area contributed by atoms with Crippen LogP contribution in [0.2, 0.25) is 0 Å². The molecular formula is C18H22FN3O3. The number of nitrogens with one attached hydrogen (secondary N) is 2. The minimum absolute atomic E-state index is 0.266. The van der Waals surface area contributed by atoms with Gasteiger partial charge in [-0.15, -0.1) is 0 Å². The molecule has 0 radical (unpaired) electrons. The first-order valence-electron chi connectivity index (χ1n) is 8.04. The summed E-state index contributed by atoms with van der Waals surface area (Å²) < 4.78 is 24.0. The van der Waals surface area contributed by atoms with Gasteiger partial charge in [0.25, 0.3) is 5.91 Å². The maximum absolute atomic E-state index is 13.8. The number of anilines is 2. The van der Waals surface area contributed by atoms with Crippen molar-refractivity contribution in [3.8, 4) is 0 Å². The van der Waals surface area contributed by atoms with Gasteiger partial charge < -0.3 is 20.1 Å². The van der Waals surface area contributed by atoms with Crippen LogP contribution in [0, 0.1) is 5.82 Å². The maximum Gasteiger partial charge on any atom is 0.255 e. The fraction of sp³-hybridized carbons (Fsp3) is 0.333. The first kappa shape index (κ1) is 18.8. The first-order chi connectivity index (χ1) is 12.2. The average molecular weight is 347 g/mol. The van der Waals surface area contributed by atoms with Crippen LogP contribution in [0.1, 0.15) is 16.8 Å². The van der Waals surface area contributed by atoms with Gasteiger partial charge in [0.05, 0.1) is 24.5 Å². The second-order valence-corrected chi connectivity index (χ2v) is 5.22. The molecule has 1 aromatic heterocycles. The van der Waals surface area contributed by atoms with Crippen molar-refractivity contribution in [1.82, 2.24) is 10.3 Å². The highest BCUT2D eigenvalue weighted by Gasteiger charge is 2.13. The lowest BCUT2D eigenvalue weighted by Crippen LogP contribution is -2.26. The van der Waals surface area contributed by atoms with Crippen LogP contribution < -0.4 is 10.6 Å². The number of hydrogen-bond acceptors (Lipinski definition) is 5. The van der Waals surface area contributed by atoms with Crippen LogP contribution in [0.4, 0.5) is 15.9 Å². The van der Waals surface area contributed by atoms with Crippen molar-refractivity contribution in [1.29, 1.82) is 0 Å². The molecule has 2 N–H and O–H groups in total. The van der Waals surface area contributed by atoms with Crippen LogP contribution in [0.3, 0.4) is 0 Å². The molecular weight excluding hydrogens is 325 g/mol. The molecule has 134 valence electrons. The maximum atomic E-state index is 13.8. The van der Waals surface area contributed by atoms with Gasteiger partial charge in [-0.05, 0) is 30.7 Å². The number of carbonyl (C=O) groups excluding carboxylic acids is 1. The van der Waals surface area contributed by atoms with E-state index in [4.69, 9.17) is 9.47 Å². The lowest BCUT2D eigenvalue weighted by molar-refractivity contribution is 0.0688. The molecule has 0 unspecified atom stereocenters. The number of amides is 1. The Labute approximate surface area is 146 Å². The van der Waals surface area contributed by atoms with E-state index in [1.165, 1.54) is 6.07 Å². The third kappa shape index (κ3) is 6.13. The molecule has 25 heavy (non-hydrogen) atoms. The van der Waals surface area contributed by atoms with Crippen molar-refractivity contribution in [3.63, 3.8) is 0 Å². The molecule has 2 rings (SSSR count). The summed E-state index contributed by atoms with van der Waals surface area (Å²) in [6.07, 6.45) is 2.23. The van der Waals surface area contributed by atoms with Gasteiger partial charge in [-0.3, -0.25) is 4.79 Å². The number of aromatic nitrogens is 1. The van der Waals surface area contributed by atoms with Crippen LogP contribution in [0.25, 0.3) is 0 Å². The van der Waals surface area contributed by atoms with Crippen molar-refractivity contribution in [2.24, 2.45) is 0 Å². The molecule has 0 bridgehead atoms. The summed E-state index contributed by atoms with van der Waals surface area (Å²) in [5.41, 5.74) is 0.618. The fourth-order valence-corrected chi connectivity index (χ4v) is 2.09. The van der Waals surface area contributed by atoms with Crippen molar-refractivity contribution in [2.45, 2.75) is 6.42 Å². The fourth-order valence-electron chi connectivity index (χ4n) is 2.09. The number of hydrogen-bond donors (Lipinski definition) is 2. The number of nitrogens with zero attached hydrogens (tertiary/aromatic N) is 1. The Morgan fingerprint density at radius 1 is 1.16 bits per heavy atom. The third-order valence-electron chi connectivity index (χ3n) is 3.36. The molecule has 1 aromatic carbocycles. The summed E-state index contributed by atoms with van der Waals surface area (Å²) in [6, 6.07) is 9.53. The molecule has 0 atom stereocenters. The predicted molar refractivity (Wildman–Crippen MR) is 93.6 cm³/mol. The molecule has 1 amide bonds. The van der Waals surface area contributed by atoms with Crippen molar-refractivity contribution < 1.29 is 18.7 Å². The number of carbonyl (C=O) groups is 1. The second-order valence-electron chi connectivity index (χ2n) is 5.22. The van der Waals surface area contributed by atoms with E-state index in [9.17, 15) is 9.18 Å². The van der Waals surface area contributed by atoms with Crippen LogP contribution in [-0.2, 0) is 9.47 Å². The van der Waals surface area contributed by atoms with Crippen LogP contribution in [-0.4, -0.2) is 44.4 Å². The van der Waals surface area contributed by atoms with Gasteiger partial charge >= 0.3 is 0 Å². The normalized spacial score (nSPS) is 10.5. The Balaban J connectivity index is 1.89. The molecule has 0 spiro atoms. The Kier molecular flexibility index (Phi) is 7.81. The molecule has 2 aromatic rings.